The molecule has 0 amide bonds. The molecule has 0 bridgehead atoms. The smallest absolute Gasteiger partial charge is 0.193 e. The van der Waals surface area contributed by atoms with Crippen LogP contribution in [0.1, 0.15) is 42.1 Å². The molecule has 0 saturated heterocycles. The van der Waals surface area contributed by atoms with Crippen LogP contribution in [0.25, 0.3) is 0 Å². The van der Waals surface area contributed by atoms with Gasteiger partial charge in [0.1, 0.15) is 0 Å². The maximum Gasteiger partial charge on any atom is 0.193 e. The van der Waals surface area contributed by atoms with Gasteiger partial charge >= 0.3 is 0 Å². The van der Waals surface area contributed by atoms with Crippen LogP contribution < -0.4 is 11.1 Å². The van der Waals surface area contributed by atoms with Gasteiger partial charge in [-0.3, -0.25) is 4.98 Å². The Morgan fingerprint density at radius 1 is 1.26 bits per heavy atom. The van der Waals surface area contributed by atoms with Crippen molar-refractivity contribution in [3.63, 3.8) is 0 Å². The topological polar surface area (TPSA) is 63.3 Å². The molecule has 1 heterocycles. The van der Waals surface area contributed by atoms with Crippen LogP contribution in [-0.4, -0.2) is 10.9 Å². The van der Waals surface area contributed by atoms with E-state index >= 15 is 0 Å². The number of anilines is 1. The maximum atomic E-state index is 6.07. The number of nitrogens with one attached hydrogen (secondary N) is 1. The Morgan fingerprint density at radius 2 is 2.13 bits per heavy atom. The highest BCUT2D eigenvalue weighted by molar-refractivity contribution is 5.93. The molecule has 3 N–H and O–H groups in total. The molecule has 120 valence electrons. The predicted octanol–water partition coefficient (Wildman–Crippen LogP) is 3.45. The SMILES string of the molecule is CCc1ccnc(CN=C(N)Nc2cccc3c2CCCC3)c1. The van der Waals surface area contributed by atoms with Gasteiger partial charge in [0, 0.05) is 11.9 Å². The fourth-order valence-electron chi connectivity index (χ4n) is 3.08. The number of fused-ring (bicyclic) bond motifs is 1. The first-order valence-corrected chi connectivity index (χ1v) is 8.38. The molecule has 0 fully saturated rings. The number of hydrogen-bond acceptors (Lipinski definition) is 2. The first-order chi connectivity index (χ1) is 11.3. The lowest BCUT2D eigenvalue weighted by atomic mass is 9.90. The summed E-state index contributed by atoms with van der Waals surface area (Å²) >= 11 is 0. The summed E-state index contributed by atoms with van der Waals surface area (Å²) in [5.74, 6) is 0.452. The molecule has 0 atom stereocenters. The summed E-state index contributed by atoms with van der Waals surface area (Å²) in [4.78, 5) is 8.78. The van der Waals surface area contributed by atoms with Gasteiger partial charge in [0.05, 0.1) is 12.2 Å². The molecule has 0 aliphatic heterocycles. The third kappa shape index (κ3) is 3.89. The standard InChI is InChI=1S/C19H24N4/c1-2-14-10-11-21-16(12-14)13-22-19(20)23-18-9-5-7-15-6-3-4-8-17(15)18/h5,7,9-12H,2-4,6,8,13H2,1H3,(H3,20,22,23). The highest BCUT2D eigenvalue weighted by Crippen LogP contribution is 2.27. The van der Waals surface area contributed by atoms with Crippen molar-refractivity contribution in [1.29, 1.82) is 0 Å². The van der Waals surface area contributed by atoms with Crippen LogP contribution in [0.5, 0.6) is 0 Å². The molecular weight excluding hydrogens is 284 g/mol. The average molecular weight is 308 g/mol. The van der Waals surface area contributed by atoms with Gasteiger partial charge in [0.2, 0.25) is 0 Å². The molecule has 4 nitrogen and oxygen atoms in total. The molecule has 0 unspecified atom stereocenters. The third-order valence-corrected chi connectivity index (χ3v) is 4.36. The zero-order valence-corrected chi connectivity index (χ0v) is 13.7. The summed E-state index contributed by atoms with van der Waals surface area (Å²) in [5, 5.41) is 3.27. The highest BCUT2D eigenvalue weighted by atomic mass is 15.1. The maximum absolute atomic E-state index is 6.07. The van der Waals surface area contributed by atoms with Crippen LogP contribution >= 0.6 is 0 Å². The number of pyridine rings is 1. The normalized spacial score (nSPS) is 14.4. The second-order valence-electron chi connectivity index (χ2n) is 5.99. The average Bonchev–Trinajstić information content (AvgIpc) is 2.60. The van der Waals surface area contributed by atoms with Crippen LogP contribution in [0.2, 0.25) is 0 Å². The van der Waals surface area contributed by atoms with Crippen LogP contribution in [0.4, 0.5) is 5.69 Å². The number of nitrogens with two attached hydrogens (primary N) is 1. The van der Waals surface area contributed by atoms with E-state index in [1.807, 2.05) is 12.3 Å². The van der Waals surface area contributed by atoms with Gasteiger partial charge in [-0.05, 0) is 67.0 Å². The molecule has 2 aromatic rings. The molecule has 1 aliphatic carbocycles. The van der Waals surface area contributed by atoms with Crippen LogP contribution in [0.15, 0.2) is 41.5 Å². The summed E-state index contributed by atoms with van der Waals surface area (Å²) in [6.07, 6.45) is 7.64. The van der Waals surface area contributed by atoms with E-state index in [1.54, 1.807) is 0 Å². The summed E-state index contributed by atoms with van der Waals surface area (Å²) in [6, 6.07) is 10.5. The number of aromatic nitrogens is 1. The minimum Gasteiger partial charge on any atom is -0.370 e. The number of rotatable bonds is 4. The van der Waals surface area contributed by atoms with Gasteiger partial charge in [-0.15, -0.1) is 0 Å². The van der Waals surface area contributed by atoms with Crippen molar-refractivity contribution in [2.24, 2.45) is 10.7 Å². The fraction of sp³-hybridized carbons (Fsp3) is 0.368. The van der Waals surface area contributed by atoms with E-state index in [1.165, 1.54) is 29.5 Å². The largest absolute Gasteiger partial charge is 0.370 e. The molecule has 1 aliphatic rings. The van der Waals surface area contributed by atoms with Crippen molar-refractivity contribution in [2.75, 3.05) is 5.32 Å². The van der Waals surface area contributed by atoms with Crippen molar-refractivity contribution in [2.45, 2.75) is 45.6 Å². The van der Waals surface area contributed by atoms with Crippen molar-refractivity contribution < 1.29 is 0 Å². The van der Waals surface area contributed by atoms with E-state index in [2.05, 4.69) is 46.5 Å². The summed E-state index contributed by atoms with van der Waals surface area (Å²) < 4.78 is 0. The van der Waals surface area contributed by atoms with Crippen molar-refractivity contribution in [3.05, 3.63) is 58.9 Å². The minimum atomic E-state index is 0.452. The number of aryl methyl sites for hydroxylation is 2. The van der Waals surface area contributed by atoms with E-state index in [4.69, 9.17) is 5.73 Å². The summed E-state index contributed by atoms with van der Waals surface area (Å²) in [6.45, 7) is 2.64. The minimum absolute atomic E-state index is 0.452. The van der Waals surface area contributed by atoms with Gasteiger partial charge in [0.25, 0.3) is 0 Å². The van der Waals surface area contributed by atoms with E-state index in [-0.39, 0.29) is 0 Å². The van der Waals surface area contributed by atoms with Crippen molar-refractivity contribution in [1.82, 2.24) is 4.98 Å². The first kappa shape index (κ1) is 15.5. The van der Waals surface area contributed by atoms with Gasteiger partial charge in [0.15, 0.2) is 5.96 Å². The van der Waals surface area contributed by atoms with E-state index in [9.17, 15) is 0 Å². The summed E-state index contributed by atoms with van der Waals surface area (Å²) in [7, 11) is 0. The Kier molecular flexibility index (Phi) is 4.91. The third-order valence-electron chi connectivity index (χ3n) is 4.36. The molecular formula is C19H24N4. The fourth-order valence-corrected chi connectivity index (χ4v) is 3.08. The van der Waals surface area contributed by atoms with Crippen LogP contribution in [-0.2, 0) is 25.8 Å². The predicted molar refractivity (Wildman–Crippen MR) is 95.6 cm³/mol. The van der Waals surface area contributed by atoms with Crippen LogP contribution in [0.3, 0.4) is 0 Å². The zero-order chi connectivity index (χ0) is 16.1. The Bertz CT molecular complexity index is 706. The Labute approximate surface area is 137 Å². The lowest BCUT2D eigenvalue weighted by Crippen LogP contribution is -2.24. The highest BCUT2D eigenvalue weighted by Gasteiger charge is 2.13. The molecule has 0 saturated carbocycles. The Balaban J connectivity index is 1.70. The molecule has 23 heavy (non-hydrogen) atoms. The van der Waals surface area contributed by atoms with Gasteiger partial charge in [-0.2, -0.15) is 0 Å². The quantitative estimate of drug-likeness (QED) is 0.671. The molecule has 1 aromatic carbocycles. The number of aliphatic imine (C=N–C) groups is 1. The lowest BCUT2D eigenvalue weighted by molar-refractivity contribution is 0.687. The Hall–Kier alpha value is -2.36. The van der Waals surface area contributed by atoms with Gasteiger partial charge in [-0.1, -0.05) is 19.1 Å². The van der Waals surface area contributed by atoms with Crippen molar-refractivity contribution in [3.8, 4) is 0 Å². The van der Waals surface area contributed by atoms with Gasteiger partial charge in [-0.25, -0.2) is 4.99 Å². The number of guanidine groups is 1. The van der Waals surface area contributed by atoms with Crippen LogP contribution in [0, 0.1) is 0 Å². The molecule has 3 rings (SSSR count). The van der Waals surface area contributed by atoms with E-state index < -0.39 is 0 Å². The molecule has 4 heteroatoms. The number of hydrogen-bond donors (Lipinski definition) is 2. The molecule has 1 aromatic heterocycles. The monoisotopic (exact) mass is 308 g/mol. The second-order valence-corrected chi connectivity index (χ2v) is 5.99. The lowest BCUT2D eigenvalue weighted by Gasteiger charge is -2.19. The van der Waals surface area contributed by atoms with Gasteiger partial charge < -0.3 is 11.1 Å². The number of benzene rings is 1. The molecule has 0 spiro atoms. The van der Waals surface area contributed by atoms with E-state index in [0.29, 0.717) is 12.5 Å². The second kappa shape index (κ2) is 7.27. The molecule has 0 radical (unpaired) electrons. The Morgan fingerprint density at radius 3 is 3.00 bits per heavy atom. The first-order valence-electron chi connectivity index (χ1n) is 8.38. The van der Waals surface area contributed by atoms with E-state index in [0.717, 1.165) is 30.6 Å². The number of nitrogens with zero attached hydrogens (tertiary/aromatic N) is 2. The van der Waals surface area contributed by atoms with Crippen molar-refractivity contribution >= 4 is 11.6 Å². The zero-order valence-electron chi connectivity index (χ0n) is 13.7. The summed E-state index contributed by atoms with van der Waals surface area (Å²) in [5.41, 5.74) is 12.2.